The summed E-state index contributed by atoms with van der Waals surface area (Å²) in [7, 11) is 0. The van der Waals surface area contributed by atoms with E-state index in [4.69, 9.17) is 5.84 Å². The predicted molar refractivity (Wildman–Crippen MR) is 78.7 cm³/mol. The molecule has 0 heterocycles. The average Bonchev–Trinajstić information content (AvgIpc) is 2.95. The molecule has 2 aromatic carbocycles. The van der Waals surface area contributed by atoms with Crippen molar-refractivity contribution < 1.29 is 8.78 Å². The number of hydrogen-bond donors (Lipinski definition) is 2. The zero-order valence-corrected chi connectivity index (χ0v) is 11.9. The lowest BCUT2D eigenvalue weighted by Gasteiger charge is -2.19. The minimum atomic E-state index is -0.835. The predicted octanol–water partition coefficient (Wildman–Crippen LogP) is 3.31. The highest BCUT2D eigenvalue weighted by molar-refractivity contribution is 5.41. The van der Waals surface area contributed by atoms with Crippen LogP contribution in [0.5, 0.6) is 0 Å². The number of nitrogens with one attached hydrogen (secondary N) is 1. The maximum atomic E-state index is 14.2. The minimum absolute atomic E-state index is 0.235. The fourth-order valence-electron chi connectivity index (χ4n) is 3.02. The number of nitrogens with two attached hydrogens (primary N) is 1. The van der Waals surface area contributed by atoms with E-state index in [2.05, 4.69) is 11.5 Å². The number of rotatable bonds is 3. The monoisotopic (exact) mass is 288 g/mol. The molecule has 0 amide bonds. The molecule has 0 saturated heterocycles. The van der Waals surface area contributed by atoms with Crippen molar-refractivity contribution in [1.29, 1.82) is 0 Å². The third-order valence-electron chi connectivity index (χ3n) is 4.24. The summed E-state index contributed by atoms with van der Waals surface area (Å²) in [6, 6.07) is 8.66. The van der Waals surface area contributed by atoms with Gasteiger partial charge in [0.25, 0.3) is 0 Å². The van der Waals surface area contributed by atoms with Crippen LogP contribution in [0, 0.1) is 18.6 Å². The fourth-order valence-corrected chi connectivity index (χ4v) is 3.02. The van der Waals surface area contributed by atoms with E-state index in [9.17, 15) is 8.78 Å². The molecule has 1 atom stereocenters. The van der Waals surface area contributed by atoms with Gasteiger partial charge in [-0.05, 0) is 48.4 Å². The van der Waals surface area contributed by atoms with Crippen LogP contribution in [-0.2, 0) is 12.8 Å². The van der Waals surface area contributed by atoms with Crippen molar-refractivity contribution in [3.05, 3.63) is 69.8 Å². The van der Waals surface area contributed by atoms with Crippen LogP contribution in [0.3, 0.4) is 0 Å². The van der Waals surface area contributed by atoms with Crippen LogP contribution in [0.25, 0.3) is 0 Å². The Labute approximate surface area is 122 Å². The number of fused-ring (bicyclic) bond motifs is 1. The lowest BCUT2D eigenvalue weighted by molar-refractivity contribution is 0.478. The molecule has 0 bridgehead atoms. The molecule has 1 aliphatic carbocycles. The molecule has 0 aliphatic heterocycles. The quantitative estimate of drug-likeness (QED) is 0.671. The first kappa shape index (κ1) is 14.2. The maximum absolute atomic E-state index is 14.2. The Balaban J connectivity index is 2.05. The molecule has 0 saturated carbocycles. The third-order valence-corrected chi connectivity index (χ3v) is 4.24. The van der Waals surface area contributed by atoms with E-state index in [-0.39, 0.29) is 5.56 Å². The van der Waals surface area contributed by atoms with Gasteiger partial charge in [0, 0.05) is 5.56 Å². The molecule has 4 heteroatoms. The molecule has 2 aromatic rings. The molecule has 2 nitrogen and oxygen atoms in total. The molecule has 0 aromatic heterocycles. The van der Waals surface area contributed by atoms with Crippen LogP contribution in [0.15, 0.2) is 30.3 Å². The standard InChI is InChI=1S/C17H18F2N2/c1-10-5-8-14(16(19)15(10)18)17(21-20)13-7-6-11-3-2-4-12(11)9-13/h5-9,17,21H,2-4,20H2,1H3. The van der Waals surface area contributed by atoms with Gasteiger partial charge < -0.3 is 0 Å². The number of hydrazine groups is 1. The van der Waals surface area contributed by atoms with Crippen LogP contribution in [0.2, 0.25) is 0 Å². The number of aryl methyl sites for hydroxylation is 3. The van der Waals surface area contributed by atoms with Crippen molar-refractivity contribution in [2.45, 2.75) is 32.2 Å². The highest BCUT2D eigenvalue weighted by Crippen LogP contribution is 2.30. The van der Waals surface area contributed by atoms with E-state index in [1.165, 1.54) is 11.1 Å². The molecule has 0 spiro atoms. The Bertz CT molecular complexity index is 683. The van der Waals surface area contributed by atoms with Gasteiger partial charge in [0.15, 0.2) is 11.6 Å². The summed E-state index contributed by atoms with van der Waals surface area (Å²) in [5.41, 5.74) is 6.61. The molecule has 110 valence electrons. The fraction of sp³-hybridized carbons (Fsp3) is 0.294. The molecule has 0 radical (unpaired) electrons. The van der Waals surface area contributed by atoms with Crippen LogP contribution in [0.1, 0.15) is 40.3 Å². The summed E-state index contributed by atoms with van der Waals surface area (Å²) in [6.07, 6.45) is 3.27. The normalized spacial score (nSPS) is 15.0. The van der Waals surface area contributed by atoms with Gasteiger partial charge in [0.1, 0.15) is 0 Å². The summed E-state index contributed by atoms with van der Waals surface area (Å²) < 4.78 is 28.0. The van der Waals surface area contributed by atoms with Crippen molar-refractivity contribution in [2.24, 2.45) is 5.84 Å². The lowest BCUT2D eigenvalue weighted by atomic mass is 9.95. The van der Waals surface area contributed by atoms with Gasteiger partial charge in [-0.15, -0.1) is 0 Å². The van der Waals surface area contributed by atoms with E-state index in [1.54, 1.807) is 19.1 Å². The SMILES string of the molecule is Cc1ccc(C(NN)c2ccc3c(c2)CCC3)c(F)c1F. The van der Waals surface area contributed by atoms with E-state index in [0.29, 0.717) is 5.56 Å². The van der Waals surface area contributed by atoms with Gasteiger partial charge in [-0.2, -0.15) is 0 Å². The van der Waals surface area contributed by atoms with Gasteiger partial charge in [0.05, 0.1) is 6.04 Å². The second-order valence-electron chi connectivity index (χ2n) is 5.58. The minimum Gasteiger partial charge on any atom is -0.271 e. The molecule has 3 N–H and O–H groups in total. The van der Waals surface area contributed by atoms with E-state index >= 15 is 0 Å². The zero-order valence-electron chi connectivity index (χ0n) is 11.9. The highest BCUT2D eigenvalue weighted by atomic mass is 19.2. The van der Waals surface area contributed by atoms with Gasteiger partial charge in [-0.25, -0.2) is 14.2 Å². The summed E-state index contributed by atoms with van der Waals surface area (Å²) in [5.74, 6) is 3.95. The van der Waals surface area contributed by atoms with Crippen LogP contribution >= 0.6 is 0 Å². The summed E-state index contributed by atoms with van der Waals surface area (Å²) in [5, 5.41) is 0. The van der Waals surface area contributed by atoms with Crippen molar-refractivity contribution in [1.82, 2.24) is 5.43 Å². The van der Waals surface area contributed by atoms with E-state index < -0.39 is 17.7 Å². The summed E-state index contributed by atoms with van der Waals surface area (Å²) in [6.45, 7) is 1.54. The Kier molecular flexibility index (Phi) is 3.74. The smallest absolute Gasteiger partial charge is 0.164 e. The van der Waals surface area contributed by atoms with Crippen LogP contribution < -0.4 is 11.3 Å². The van der Waals surface area contributed by atoms with Crippen molar-refractivity contribution >= 4 is 0 Å². The van der Waals surface area contributed by atoms with Crippen molar-refractivity contribution in [3.63, 3.8) is 0 Å². The Morgan fingerprint density at radius 1 is 1.05 bits per heavy atom. The average molecular weight is 288 g/mol. The topological polar surface area (TPSA) is 38.0 Å². The number of benzene rings is 2. The largest absolute Gasteiger partial charge is 0.271 e. The second-order valence-corrected chi connectivity index (χ2v) is 5.58. The summed E-state index contributed by atoms with van der Waals surface area (Å²) in [4.78, 5) is 0. The first-order valence-corrected chi connectivity index (χ1v) is 7.14. The Hall–Kier alpha value is -1.78. The zero-order chi connectivity index (χ0) is 15.0. The summed E-state index contributed by atoms with van der Waals surface area (Å²) >= 11 is 0. The molecular formula is C17H18F2N2. The van der Waals surface area contributed by atoms with E-state index in [1.807, 2.05) is 12.1 Å². The van der Waals surface area contributed by atoms with Crippen LogP contribution in [0.4, 0.5) is 8.78 Å². The van der Waals surface area contributed by atoms with Gasteiger partial charge >= 0.3 is 0 Å². The van der Waals surface area contributed by atoms with Crippen LogP contribution in [-0.4, -0.2) is 0 Å². The Morgan fingerprint density at radius 3 is 2.57 bits per heavy atom. The maximum Gasteiger partial charge on any atom is 0.164 e. The molecule has 1 unspecified atom stereocenters. The Morgan fingerprint density at radius 2 is 1.81 bits per heavy atom. The second kappa shape index (κ2) is 5.54. The highest BCUT2D eigenvalue weighted by Gasteiger charge is 2.22. The number of halogens is 2. The third kappa shape index (κ3) is 2.45. The first-order valence-electron chi connectivity index (χ1n) is 7.14. The molecule has 3 rings (SSSR count). The van der Waals surface area contributed by atoms with Crippen molar-refractivity contribution in [3.8, 4) is 0 Å². The van der Waals surface area contributed by atoms with Gasteiger partial charge in [0.2, 0.25) is 0 Å². The van der Waals surface area contributed by atoms with Gasteiger partial charge in [-0.1, -0.05) is 30.3 Å². The molecule has 1 aliphatic rings. The lowest BCUT2D eigenvalue weighted by Crippen LogP contribution is -2.30. The molecule has 21 heavy (non-hydrogen) atoms. The van der Waals surface area contributed by atoms with Crippen molar-refractivity contribution in [2.75, 3.05) is 0 Å². The first-order chi connectivity index (χ1) is 10.1. The molecular weight excluding hydrogens is 270 g/mol. The molecule has 0 fully saturated rings. The van der Waals surface area contributed by atoms with E-state index in [0.717, 1.165) is 24.8 Å². The number of hydrogen-bond acceptors (Lipinski definition) is 2. The van der Waals surface area contributed by atoms with Gasteiger partial charge in [-0.3, -0.25) is 5.84 Å².